The van der Waals surface area contributed by atoms with Gasteiger partial charge in [0, 0.05) is 6.42 Å². The van der Waals surface area contributed by atoms with Crippen LogP contribution in [0.1, 0.15) is 316 Å². The number of amides is 1. The van der Waals surface area contributed by atoms with Crippen LogP contribution >= 0.6 is 0 Å². The largest absolute Gasteiger partial charge is 0.397 e. The Hall–Kier alpha value is -1.16. The summed E-state index contributed by atoms with van der Waals surface area (Å²) in [6, 6.07) is -0.858. The summed E-state index contributed by atoms with van der Waals surface area (Å²) in [5.41, 5.74) is 0. The zero-order chi connectivity index (χ0) is 54.0. The third-order valence-electron chi connectivity index (χ3n) is 15.3. The van der Waals surface area contributed by atoms with Gasteiger partial charge in [-0.25, -0.2) is 4.18 Å². The van der Waals surface area contributed by atoms with Crippen molar-refractivity contribution in [3.05, 3.63) is 12.2 Å². The fourth-order valence-electron chi connectivity index (χ4n) is 10.5. The molecule has 1 rings (SSSR count). The lowest BCUT2D eigenvalue weighted by molar-refractivity contribution is -0.298. The summed E-state index contributed by atoms with van der Waals surface area (Å²) >= 11 is 0. The highest BCUT2D eigenvalue weighted by molar-refractivity contribution is 7.80. The molecule has 1 heterocycles. The SMILES string of the molecule is CCCCCCCCCCCCCC/C=C\CCCCCCCCCCCCC(=O)NC(COC1OC(CO)C(O)C(OS(=O)(=O)O)C1O)C(O)CCCCCCCCCCCCCCCCCCCCCCC. The Morgan fingerprint density at radius 3 is 1.22 bits per heavy atom. The van der Waals surface area contributed by atoms with Crippen LogP contribution in [0.15, 0.2) is 12.2 Å². The summed E-state index contributed by atoms with van der Waals surface area (Å²) in [7, 11) is -5.08. The number of allylic oxidation sites excluding steroid dienone is 2. The van der Waals surface area contributed by atoms with Gasteiger partial charge in [-0.1, -0.05) is 283 Å². The third kappa shape index (κ3) is 42.8. The maximum Gasteiger partial charge on any atom is 0.397 e. The molecule has 0 aromatic carbocycles. The summed E-state index contributed by atoms with van der Waals surface area (Å²) < 4.78 is 48.0. The molecular formula is C61H119NO11S. The minimum Gasteiger partial charge on any atom is -0.394 e. The van der Waals surface area contributed by atoms with Crippen molar-refractivity contribution in [3.8, 4) is 0 Å². The predicted octanol–water partition coefficient (Wildman–Crippen LogP) is 15.4. The number of aliphatic hydroxyl groups excluding tert-OH is 4. The minimum atomic E-state index is -5.08. The topological polar surface area (TPSA) is 192 Å². The van der Waals surface area contributed by atoms with Gasteiger partial charge in [-0.15, -0.1) is 0 Å². The Morgan fingerprint density at radius 2 is 0.865 bits per heavy atom. The summed E-state index contributed by atoms with van der Waals surface area (Å²) in [4.78, 5) is 13.2. The van der Waals surface area contributed by atoms with Crippen molar-refractivity contribution in [1.82, 2.24) is 5.32 Å². The monoisotopic (exact) mass is 1070 g/mol. The van der Waals surface area contributed by atoms with E-state index < -0.39 is 59.9 Å². The summed E-state index contributed by atoms with van der Waals surface area (Å²) in [5, 5.41) is 45.2. The van der Waals surface area contributed by atoms with Crippen LogP contribution in [-0.4, -0.2) is 95.4 Å². The molecule has 440 valence electrons. The van der Waals surface area contributed by atoms with E-state index in [1.165, 1.54) is 238 Å². The van der Waals surface area contributed by atoms with Crippen LogP contribution in [0.2, 0.25) is 0 Å². The van der Waals surface area contributed by atoms with E-state index in [4.69, 9.17) is 9.47 Å². The number of hydrogen-bond donors (Lipinski definition) is 6. The van der Waals surface area contributed by atoms with Gasteiger partial charge < -0.3 is 35.2 Å². The van der Waals surface area contributed by atoms with E-state index in [-0.39, 0.29) is 12.5 Å². The molecule has 1 amide bonds. The van der Waals surface area contributed by atoms with Crippen molar-refractivity contribution in [2.75, 3.05) is 13.2 Å². The van der Waals surface area contributed by atoms with Gasteiger partial charge >= 0.3 is 10.4 Å². The average Bonchev–Trinajstić information content (AvgIpc) is 3.38. The first-order chi connectivity index (χ1) is 36.0. The number of rotatable bonds is 56. The van der Waals surface area contributed by atoms with Crippen LogP contribution in [0.5, 0.6) is 0 Å². The number of aliphatic hydroxyl groups is 4. The highest BCUT2D eigenvalue weighted by Gasteiger charge is 2.48. The molecular weight excluding hydrogens is 955 g/mol. The second-order valence-corrected chi connectivity index (χ2v) is 23.4. The molecule has 1 aliphatic heterocycles. The van der Waals surface area contributed by atoms with Crippen LogP contribution in [0.3, 0.4) is 0 Å². The zero-order valence-corrected chi connectivity index (χ0v) is 48.8. The molecule has 0 radical (unpaired) electrons. The normalized spacial score (nSPS) is 19.1. The first-order valence-electron chi connectivity index (χ1n) is 31.6. The van der Waals surface area contributed by atoms with E-state index in [9.17, 15) is 38.2 Å². The van der Waals surface area contributed by atoms with E-state index in [2.05, 4.69) is 35.5 Å². The fraction of sp³-hybridized carbons (Fsp3) is 0.951. The first kappa shape index (κ1) is 70.9. The summed E-state index contributed by atoms with van der Waals surface area (Å²) in [6.45, 7) is 3.51. The number of nitrogens with one attached hydrogen (secondary N) is 1. The van der Waals surface area contributed by atoms with Gasteiger partial charge in [-0.3, -0.25) is 9.35 Å². The Bertz CT molecular complexity index is 1350. The van der Waals surface area contributed by atoms with Gasteiger partial charge in [0.2, 0.25) is 5.91 Å². The Labute approximate surface area is 455 Å². The van der Waals surface area contributed by atoms with E-state index in [0.29, 0.717) is 12.8 Å². The summed E-state index contributed by atoms with van der Waals surface area (Å²) in [6.07, 6.45) is 53.7. The maximum atomic E-state index is 13.2. The molecule has 0 aliphatic carbocycles. The smallest absolute Gasteiger partial charge is 0.394 e. The Kier molecular flexibility index (Phi) is 49.1. The fourth-order valence-corrected chi connectivity index (χ4v) is 11.0. The second kappa shape index (κ2) is 51.3. The maximum absolute atomic E-state index is 13.2. The highest BCUT2D eigenvalue weighted by Crippen LogP contribution is 2.26. The Balaban J connectivity index is 2.30. The van der Waals surface area contributed by atoms with Crippen molar-refractivity contribution in [2.45, 2.75) is 358 Å². The lowest BCUT2D eigenvalue weighted by atomic mass is 9.99. The van der Waals surface area contributed by atoms with Crippen LogP contribution in [-0.2, 0) is 28.9 Å². The molecule has 12 nitrogen and oxygen atoms in total. The lowest BCUT2D eigenvalue weighted by Crippen LogP contribution is -2.61. The van der Waals surface area contributed by atoms with Gasteiger partial charge in [0.1, 0.15) is 24.4 Å². The highest BCUT2D eigenvalue weighted by atomic mass is 32.3. The van der Waals surface area contributed by atoms with Gasteiger partial charge in [0.05, 0.1) is 25.4 Å². The molecule has 1 saturated heterocycles. The van der Waals surface area contributed by atoms with Crippen molar-refractivity contribution in [2.24, 2.45) is 0 Å². The third-order valence-corrected chi connectivity index (χ3v) is 15.8. The molecule has 0 aromatic heterocycles. The van der Waals surface area contributed by atoms with Crippen LogP contribution in [0.4, 0.5) is 0 Å². The first-order valence-corrected chi connectivity index (χ1v) is 32.9. The zero-order valence-electron chi connectivity index (χ0n) is 47.9. The number of hydrogen-bond acceptors (Lipinski definition) is 10. The average molecular weight is 1070 g/mol. The van der Waals surface area contributed by atoms with Crippen molar-refractivity contribution >= 4 is 16.3 Å². The minimum absolute atomic E-state index is 0.225. The molecule has 7 atom stereocenters. The van der Waals surface area contributed by atoms with Crippen LogP contribution in [0.25, 0.3) is 0 Å². The number of carbonyl (C=O) groups is 1. The molecule has 6 N–H and O–H groups in total. The van der Waals surface area contributed by atoms with Crippen molar-refractivity contribution in [3.63, 3.8) is 0 Å². The molecule has 0 saturated carbocycles. The van der Waals surface area contributed by atoms with E-state index in [0.717, 1.165) is 51.4 Å². The molecule has 0 aromatic rings. The molecule has 1 aliphatic rings. The van der Waals surface area contributed by atoms with Crippen molar-refractivity contribution < 1.29 is 51.8 Å². The van der Waals surface area contributed by atoms with Gasteiger partial charge in [-0.05, 0) is 38.5 Å². The quantitative estimate of drug-likeness (QED) is 0.0193. The van der Waals surface area contributed by atoms with E-state index in [1.807, 2.05) is 0 Å². The number of carbonyl (C=O) groups excluding carboxylic acids is 1. The van der Waals surface area contributed by atoms with Crippen molar-refractivity contribution in [1.29, 1.82) is 0 Å². The van der Waals surface area contributed by atoms with E-state index in [1.54, 1.807) is 0 Å². The molecule has 74 heavy (non-hydrogen) atoms. The molecule has 7 unspecified atom stereocenters. The second-order valence-electron chi connectivity index (χ2n) is 22.4. The van der Waals surface area contributed by atoms with Gasteiger partial charge in [0.25, 0.3) is 0 Å². The molecule has 13 heteroatoms. The molecule has 0 spiro atoms. The van der Waals surface area contributed by atoms with Crippen LogP contribution in [0, 0.1) is 0 Å². The van der Waals surface area contributed by atoms with Gasteiger partial charge in [0.15, 0.2) is 6.29 Å². The molecule has 0 bridgehead atoms. The summed E-state index contributed by atoms with van der Waals surface area (Å²) in [5.74, 6) is -0.225. The molecule has 1 fully saturated rings. The van der Waals surface area contributed by atoms with Gasteiger partial charge in [-0.2, -0.15) is 8.42 Å². The lowest BCUT2D eigenvalue weighted by Gasteiger charge is -2.41. The van der Waals surface area contributed by atoms with Crippen LogP contribution < -0.4 is 5.32 Å². The standard InChI is InChI=1S/C61H119NO11S/c1-3-5-7-9-11-13-15-17-19-21-23-25-26-27-28-29-31-33-35-37-39-41-43-45-47-49-51-57(65)62-54(53-71-61-59(67)60(73-74(68,69)70)58(66)56(52-63)72-61)55(64)50-48-46-44-42-40-38-36-34-32-30-24-22-20-18-16-14-12-10-8-6-4-2/h27-28,54-56,58-61,63-64,66-67H,3-26,29-53H2,1-2H3,(H,62,65)(H,68,69,70)/b28-27-. The number of ether oxygens (including phenoxy) is 2. The van der Waals surface area contributed by atoms with E-state index >= 15 is 0 Å². The Morgan fingerprint density at radius 1 is 0.527 bits per heavy atom. The number of unbranched alkanes of at least 4 members (excludes halogenated alkanes) is 42. The predicted molar refractivity (Wildman–Crippen MR) is 306 cm³/mol.